The normalized spacial score (nSPS) is 12.5. The monoisotopic (exact) mass is 511 g/mol. The molecular formula is C18H21F3IN3O3. The van der Waals surface area contributed by atoms with Crippen molar-refractivity contribution >= 4 is 35.6 Å². The molecule has 0 radical (unpaired) electrons. The number of rotatable bonds is 7. The van der Waals surface area contributed by atoms with Gasteiger partial charge in [-0.15, -0.1) is 37.1 Å². The highest BCUT2D eigenvalue weighted by molar-refractivity contribution is 14.0. The number of ether oxygens (including phenoxy) is 3. The number of hydrogen-bond donors (Lipinski definition) is 2. The average Bonchev–Trinajstić information content (AvgIpc) is 2.61. The molecule has 0 fully saturated rings. The number of nitrogens with one attached hydrogen (secondary N) is 1. The first-order chi connectivity index (χ1) is 12.8. The van der Waals surface area contributed by atoms with Crippen LogP contribution in [0.25, 0.3) is 0 Å². The third-order valence-corrected chi connectivity index (χ3v) is 3.28. The predicted octanol–water partition coefficient (Wildman–Crippen LogP) is 4.41. The van der Waals surface area contributed by atoms with Crippen LogP contribution < -0.4 is 25.3 Å². The minimum absolute atomic E-state index is 0. The third kappa shape index (κ3) is 8.11. The summed E-state index contributed by atoms with van der Waals surface area (Å²) in [6, 6.07) is 12.4. The number of halogens is 4. The molecule has 0 aliphatic carbocycles. The van der Waals surface area contributed by atoms with Gasteiger partial charge in [-0.1, -0.05) is 12.1 Å². The maximum absolute atomic E-state index is 12.1. The molecule has 1 unspecified atom stereocenters. The van der Waals surface area contributed by atoms with Crippen molar-refractivity contribution in [1.29, 1.82) is 0 Å². The lowest BCUT2D eigenvalue weighted by atomic mass is 10.3. The van der Waals surface area contributed by atoms with Gasteiger partial charge in [0.05, 0.1) is 13.7 Å². The smallest absolute Gasteiger partial charge is 0.493 e. The Morgan fingerprint density at radius 3 is 2.29 bits per heavy atom. The molecule has 28 heavy (non-hydrogen) atoms. The highest BCUT2D eigenvalue weighted by Crippen LogP contribution is 2.27. The number of nitrogens with zero attached hydrogens (tertiary/aromatic N) is 1. The third-order valence-electron chi connectivity index (χ3n) is 3.28. The zero-order valence-corrected chi connectivity index (χ0v) is 17.5. The van der Waals surface area contributed by atoms with Gasteiger partial charge < -0.3 is 25.3 Å². The first-order valence-electron chi connectivity index (χ1n) is 7.99. The Morgan fingerprint density at radius 2 is 1.71 bits per heavy atom. The number of hydrogen-bond acceptors (Lipinski definition) is 4. The molecule has 0 saturated carbocycles. The number of guanidine groups is 1. The molecule has 0 aliphatic heterocycles. The number of alkyl halides is 3. The van der Waals surface area contributed by atoms with Crippen LogP contribution >= 0.6 is 24.0 Å². The van der Waals surface area contributed by atoms with Crippen LogP contribution in [0.1, 0.15) is 6.92 Å². The number of aliphatic imine (C=N–C) groups is 1. The molecule has 2 aromatic carbocycles. The van der Waals surface area contributed by atoms with E-state index in [0.29, 0.717) is 17.2 Å². The molecule has 0 aliphatic rings. The Labute approximate surface area is 177 Å². The molecule has 0 amide bonds. The summed E-state index contributed by atoms with van der Waals surface area (Å²) in [7, 11) is 1.55. The maximum Gasteiger partial charge on any atom is 0.573 e. The summed E-state index contributed by atoms with van der Waals surface area (Å²) in [6.45, 7) is 2.10. The molecule has 3 N–H and O–H groups in total. The quantitative estimate of drug-likeness (QED) is 0.328. The average molecular weight is 511 g/mol. The second-order valence-electron chi connectivity index (χ2n) is 5.50. The molecule has 2 rings (SSSR count). The van der Waals surface area contributed by atoms with Crippen LogP contribution in [0.3, 0.4) is 0 Å². The Kier molecular flexibility index (Phi) is 9.16. The number of benzene rings is 2. The van der Waals surface area contributed by atoms with E-state index in [2.05, 4.69) is 15.0 Å². The van der Waals surface area contributed by atoms with Crippen molar-refractivity contribution < 1.29 is 27.4 Å². The van der Waals surface area contributed by atoms with Crippen LogP contribution in [0.15, 0.2) is 53.5 Å². The number of para-hydroxylation sites is 2. The molecule has 0 bridgehead atoms. The van der Waals surface area contributed by atoms with Crippen LogP contribution in [-0.2, 0) is 0 Å². The van der Waals surface area contributed by atoms with Crippen LogP contribution in [0.2, 0.25) is 0 Å². The molecule has 2 aromatic rings. The largest absolute Gasteiger partial charge is 0.573 e. The standard InChI is InChI=1S/C18H20F3N3O3.HI/c1-12(26-16-6-4-3-5-15(16)25-2)11-23-17(22)24-13-7-9-14(10-8-13)27-18(19,20)21;/h3-10,12H,11H2,1-2H3,(H3,22,23,24);1H. The fraction of sp³-hybridized carbons (Fsp3) is 0.278. The Balaban J connectivity index is 0.00000392. The maximum atomic E-state index is 12.1. The zero-order chi connectivity index (χ0) is 19.9. The van der Waals surface area contributed by atoms with Crippen molar-refractivity contribution in [2.75, 3.05) is 19.0 Å². The lowest BCUT2D eigenvalue weighted by molar-refractivity contribution is -0.274. The van der Waals surface area contributed by atoms with Crippen molar-refractivity contribution in [3.8, 4) is 17.2 Å². The Bertz CT molecular complexity index is 771. The van der Waals surface area contributed by atoms with Gasteiger partial charge in [0, 0.05) is 5.69 Å². The van der Waals surface area contributed by atoms with Crippen molar-refractivity contribution in [1.82, 2.24) is 0 Å². The molecule has 6 nitrogen and oxygen atoms in total. The fourth-order valence-corrected chi connectivity index (χ4v) is 2.12. The Morgan fingerprint density at radius 1 is 1.11 bits per heavy atom. The van der Waals surface area contributed by atoms with Gasteiger partial charge in [0.25, 0.3) is 0 Å². The summed E-state index contributed by atoms with van der Waals surface area (Å²) < 4.78 is 51.2. The molecule has 0 heterocycles. The minimum atomic E-state index is -4.73. The number of nitrogens with two attached hydrogens (primary N) is 1. The predicted molar refractivity (Wildman–Crippen MR) is 112 cm³/mol. The molecule has 0 spiro atoms. The van der Waals surface area contributed by atoms with E-state index in [1.807, 2.05) is 19.1 Å². The number of methoxy groups -OCH3 is 1. The molecule has 1 atom stereocenters. The topological polar surface area (TPSA) is 78.1 Å². The molecule has 0 aromatic heterocycles. The fourth-order valence-electron chi connectivity index (χ4n) is 2.12. The van der Waals surface area contributed by atoms with Crippen molar-refractivity contribution in [3.63, 3.8) is 0 Å². The van der Waals surface area contributed by atoms with E-state index in [-0.39, 0.29) is 48.3 Å². The molecule has 0 saturated heterocycles. The van der Waals surface area contributed by atoms with Gasteiger partial charge in [0.15, 0.2) is 17.5 Å². The SMILES string of the molecule is COc1ccccc1OC(C)CN=C(N)Nc1ccc(OC(F)(F)F)cc1.I. The second-order valence-corrected chi connectivity index (χ2v) is 5.50. The van der Waals surface area contributed by atoms with Crippen molar-refractivity contribution in [3.05, 3.63) is 48.5 Å². The van der Waals surface area contributed by atoms with Gasteiger partial charge in [-0.2, -0.15) is 0 Å². The van der Waals surface area contributed by atoms with Crippen LogP contribution in [0, 0.1) is 0 Å². The minimum Gasteiger partial charge on any atom is -0.493 e. The molecule has 154 valence electrons. The van der Waals surface area contributed by atoms with Gasteiger partial charge in [-0.05, 0) is 43.3 Å². The van der Waals surface area contributed by atoms with Gasteiger partial charge in [-0.3, -0.25) is 0 Å². The van der Waals surface area contributed by atoms with Gasteiger partial charge in [-0.25, -0.2) is 4.99 Å². The van der Waals surface area contributed by atoms with Gasteiger partial charge in [0.2, 0.25) is 0 Å². The van der Waals surface area contributed by atoms with E-state index in [0.717, 1.165) is 0 Å². The highest BCUT2D eigenvalue weighted by atomic mass is 127. The number of anilines is 1. The van der Waals surface area contributed by atoms with Crippen LogP contribution in [0.5, 0.6) is 17.2 Å². The summed E-state index contributed by atoms with van der Waals surface area (Å²) in [6.07, 6.45) is -5.00. The van der Waals surface area contributed by atoms with Gasteiger partial charge >= 0.3 is 6.36 Å². The first kappa shape index (κ1) is 23.7. The highest BCUT2D eigenvalue weighted by Gasteiger charge is 2.30. The zero-order valence-electron chi connectivity index (χ0n) is 15.2. The van der Waals surface area contributed by atoms with Crippen molar-refractivity contribution in [2.24, 2.45) is 10.7 Å². The molecular weight excluding hydrogens is 490 g/mol. The van der Waals surface area contributed by atoms with E-state index in [9.17, 15) is 13.2 Å². The van der Waals surface area contributed by atoms with E-state index in [1.165, 1.54) is 24.3 Å². The summed E-state index contributed by atoms with van der Waals surface area (Å²) in [5.74, 6) is 0.993. The summed E-state index contributed by atoms with van der Waals surface area (Å²) in [5.41, 5.74) is 6.27. The van der Waals surface area contributed by atoms with Crippen LogP contribution in [-0.4, -0.2) is 32.1 Å². The van der Waals surface area contributed by atoms with Gasteiger partial charge in [0.1, 0.15) is 11.9 Å². The molecule has 10 heteroatoms. The lowest BCUT2D eigenvalue weighted by Gasteiger charge is -2.15. The summed E-state index contributed by atoms with van der Waals surface area (Å²) in [5, 5.41) is 2.78. The summed E-state index contributed by atoms with van der Waals surface area (Å²) in [4.78, 5) is 4.16. The van der Waals surface area contributed by atoms with E-state index in [1.54, 1.807) is 19.2 Å². The van der Waals surface area contributed by atoms with Crippen LogP contribution in [0.4, 0.5) is 18.9 Å². The van der Waals surface area contributed by atoms with E-state index >= 15 is 0 Å². The summed E-state index contributed by atoms with van der Waals surface area (Å²) >= 11 is 0. The second kappa shape index (κ2) is 10.8. The van der Waals surface area contributed by atoms with E-state index in [4.69, 9.17) is 15.2 Å². The van der Waals surface area contributed by atoms with Crippen molar-refractivity contribution in [2.45, 2.75) is 19.4 Å². The Hall–Kier alpha value is -2.37. The first-order valence-corrected chi connectivity index (χ1v) is 7.99. The van der Waals surface area contributed by atoms with E-state index < -0.39 is 6.36 Å². The lowest BCUT2D eigenvalue weighted by Crippen LogP contribution is -2.25.